The summed E-state index contributed by atoms with van der Waals surface area (Å²) in [6, 6.07) is 7.72. The van der Waals surface area contributed by atoms with Gasteiger partial charge in [0.1, 0.15) is 5.58 Å². The van der Waals surface area contributed by atoms with Crippen LogP contribution >= 0.6 is 11.3 Å². The smallest absolute Gasteiger partial charge is 0.310 e. The highest BCUT2D eigenvalue weighted by Gasteiger charge is 2.16. The van der Waals surface area contributed by atoms with Crippen molar-refractivity contribution in [1.82, 2.24) is 5.32 Å². The minimum absolute atomic E-state index is 0.0727. The van der Waals surface area contributed by atoms with Gasteiger partial charge in [-0.1, -0.05) is 18.2 Å². The predicted octanol–water partition coefficient (Wildman–Crippen LogP) is 4.07. The van der Waals surface area contributed by atoms with Gasteiger partial charge in [-0.3, -0.25) is 9.59 Å². The number of rotatable bonds is 6. The Morgan fingerprint density at radius 2 is 2.08 bits per heavy atom. The highest BCUT2D eigenvalue weighted by Crippen LogP contribution is 2.27. The van der Waals surface area contributed by atoms with Crippen LogP contribution in [0.25, 0.3) is 11.0 Å². The fourth-order valence-electron chi connectivity index (χ4n) is 2.77. The van der Waals surface area contributed by atoms with E-state index in [0.29, 0.717) is 0 Å². The molecule has 0 bridgehead atoms. The molecule has 0 radical (unpaired) electrons. The summed E-state index contributed by atoms with van der Waals surface area (Å²) in [5, 5.41) is 5.67. The second-order valence-electron chi connectivity index (χ2n) is 6.29. The summed E-state index contributed by atoms with van der Waals surface area (Å²) >= 11 is 1.57. The lowest BCUT2D eigenvalue weighted by molar-refractivity contribution is -0.148. The van der Waals surface area contributed by atoms with Crippen LogP contribution in [0.3, 0.4) is 0 Å². The van der Waals surface area contributed by atoms with Crippen molar-refractivity contribution >= 4 is 34.2 Å². The van der Waals surface area contributed by atoms with Crippen LogP contribution in [0.1, 0.15) is 34.5 Å². The van der Waals surface area contributed by atoms with E-state index in [9.17, 15) is 9.59 Å². The molecule has 1 N–H and O–H groups in total. The summed E-state index contributed by atoms with van der Waals surface area (Å²) in [4.78, 5) is 25.1. The van der Waals surface area contributed by atoms with Crippen molar-refractivity contribution in [1.29, 1.82) is 0 Å². The third-order valence-electron chi connectivity index (χ3n) is 4.39. The molecule has 0 unspecified atom stereocenters. The van der Waals surface area contributed by atoms with Gasteiger partial charge in [0.2, 0.25) is 0 Å². The minimum atomic E-state index is -0.454. The van der Waals surface area contributed by atoms with Crippen LogP contribution in [-0.4, -0.2) is 18.5 Å². The molecular formula is C20H21NO4S. The predicted molar refractivity (Wildman–Crippen MR) is 101 cm³/mol. The zero-order valence-corrected chi connectivity index (χ0v) is 15.8. The molecule has 26 heavy (non-hydrogen) atoms. The summed E-state index contributed by atoms with van der Waals surface area (Å²) in [7, 11) is 0. The first-order chi connectivity index (χ1) is 12.5. The molecule has 0 aliphatic heterocycles. The molecule has 1 aromatic carbocycles. The van der Waals surface area contributed by atoms with Crippen LogP contribution in [0.4, 0.5) is 0 Å². The second-order valence-corrected chi connectivity index (χ2v) is 7.27. The van der Waals surface area contributed by atoms with Crippen molar-refractivity contribution < 1.29 is 18.7 Å². The number of hydrogen-bond donors (Lipinski definition) is 1. The van der Waals surface area contributed by atoms with E-state index in [0.717, 1.165) is 32.5 Å². The molecule has 0 fully saturated rings. The molecule has 2 aromatic heterocycles. The fraction of sp³-hybridized carbons (Fsp3) is 0.300. The topological polar surface area (TPSA) is 68.5 Å². The van der Waals surface area contributed by atoms with E-state index in [1.807, 2.05) is 50.4 Å². The summed E-state index contributed by atoms with van der Waals surface area (Å²) in [5.41, 5.74) is 3.75. The standard InChI is InChI=1S/C20H21NO4S/c1-12-6-7-16-15(10-25-20(16)13(12)2)9-19(23)24-11-18(22)21-14(3)17-5-4-8-26-17/h4-8,10,14H,9,11H2,1-3H3,(H,21,22)/t14-/m0/s1. The Morgan fingerprint density at radius 3 is 2.81 bits per heavy atom. The Bertz CT molecular complexity index is 927. The lowest BCUT2D eigenvalue weighted by Gasteiger charge is -2.12. The first-order valence-electron chi connectivity index (χ1n) is 8.40. The summed E-state index contributed by atoms with van der Waals surface area (Å²) in [6.07, 6.45) is 1.65. The number of carbonyl (C=O) groups is 2. The normalized spacial score (nSPS) is 12.1. The van der Waals surface area contributed by atoms with Crippen LogP contribution < -0.4 is 5.32 Å². The van der Waals surface area contributed by atoms with Gasteiger partial charge in [0.15, 0.2) is 6.61 Å². The molecule has 136 valence electrons. The largest absolute Gasteiger partial charge is 0.464 e. The maximum atomic E-state index is 12.1. The Hall–Kier alpha value is -2.60. The number of thiophene rings is 1. The van der Waals surface area contributed by atoms with Crippen LogP contribution in [-0.2, 0) is 20.7 Å². The average molecular weight is 371 g/mol. The van der Waals surface area contributed by atoms with Crippen molar-refractivity contribution in [2.24, 2.45) is 0 Å². The Balaban J connectivity index is 1.54. The first kappa shape index (κ1) is 18.2. The van der Waals surface area contributed by atoms with Gasteiger partial charge in [0, 0.05) is 15.8 Å². The van der Waals surface area contributed by atoms with Gasteiger partial charge in [-0.2, -0.15) is 0 Å². The number of fused-ring (bicyclic) bond motifs is 1. The number of hydrogen-bond acceptors (Lipinski definition) is 5. The maximum Gasteiger partial charge on any atom is 0.310 e. The molecule has 1 atom stereocenters. The summed E-state index contributed by atoms with van der Waals surface area (Å²) in [6.45, 7) is 5.61. The average Bonchev–Trinajstić information content (AvgIpc) is 3.27. The number of carbonyl (C=O) groups excluding carboxylic acids is 2. The van der Waals surface area contributed by atoms with Crippen molar-refractivity contribution in [3.05, 3.63) is 57.5 Å². The van der Waals surface area contributed by atoms with E-state index in [-0.39, 0.29) is 25.0 Å². The lowest BCUT2D eigenvalue weighted by Crippen LogP contribution is -2.31. The van der Waals surface area contributed by atoms with Crippen molar-refractivity contribution in [2.75, 3.05) is 6.61 Å². The molecule has 5 nitrogen and oxygen atoms in total. The number of nitrogens with one attached hydrogen (secondary N) is 1. The maximum absolute atomic E-state index is 12.1. The molecule has 3 aromatic rings. The molecule has 1 amide bonds. The van der Waals surface area contributed by atoms with Crippen molar-refractivity contribution in [3.8, 4) is 0 Å². The van der Waals surface area contributed by atoms with Gasteiger partial charge in [0.05, 0.1) is 18.7 Å². The van der Waals surface area contributed by atoms with E-state index >= 15 is 0 Å². The van der Waals surface area contributed by atoms with Crippen LogP contribution in [0.15, 0.2) is 40.3 Å². The van der Waals surface area contributed by atoms with Crippen LogP contribution in [0.5, 0.6) is 0 Å². The van der Waals surface area contributed by atoms with Crippen LogP contribution in [0, 0.1) is 13.8 Å². The monoisotopic (exact) mass is 371 g/mol. The summed E-state index contributed by atoms with van der Waals surface area (Å²) in [5.74, 6) is -0.771. The third-order valence-corrected chi connectivity index (χ3v) is 5.44. The molecule has 0 saturated carbocycles. The fourth-order valence-corrected chi connectivity index (χ4v) is 3.50. The SMILES string of the molecule is Cc1ccc2c(CC(=O)OCC(=O)N[C@@H](C)c3cccs3)coc2c1C. The number of esters is 1. The van der Waals surface area contributed by atoms with Gasteiger partial charge in [0.25, 0.3) is 5.91 Å². The second kappa shape index (κ2) is 7.74. The van der Waals surface area contributed by atoms with Crippen LogP contribution in [0.2, 0.25) is 0 Å². The molecule has 0 aliphatic carbocycles. The van der Waals surface area contributed by atoms with Gasteiger partial charge in [-0.15, -0.1) is 11.3 Å². The molecule has 2 heterocycles. The zero-order valence-electron chi connectivity index (χ0n) is 15.0. The quantitative estimate of drug-likeness (QED) is 0.663. The minimum Gasteiger partial charge on any atom is -0.464 e. The van der Waals surface area contributed by atoms with E-state index in [1.54, 1.807) is 17.6 Å². The van der Waals surface area contributed by atoms with E-state index in [2.05, 4.69) is 5.32 Å². The zero-order chi connectivity index (χ0) is 18.7. The Kier molecular flexibility index (Phi) is 5.42. The molecule has 0 saturated heterocycles. The van der Waals surface area contributed by atoms with Gasteiger partial charge in [-0.05, 0) is 43.3 Å². The highest BCUT2D eigenvalue weighted by atomic mass is 32.1. The molecule has 0 aliphatic rings. The molecular weight excluding hydrogens is 350 g/mol. The number of aryl methyl sites for hydroxylation is 2. The summed E-state index contributed by atoms with van der Waals surface area (Å²) < 4.78 is 10.7. The first-order valence-corrected chi connectivity index (χ1v) is 9.28. The Labute approximate surface area is 156 Å². The molecule has 3 rings (SSSR count). The van der Waals surface area contributed by atoms with Gasteiger partial charge >= 0.3 is 5.97 Å². The lowest BCUT2D eigenvalue weighted by atomic mass is 10.0. The highest BCUT2D eigenvalue weighted by molar-refractivity contribution is 7.10. The molecule has 0 spiro atoms. The van der Waals surface area contributed by atoms with Gasteiger partial charge in [-0.25, -0.2) is 0 Å². The number of amides is 1. The van der Waals surface area contributed by atoms with Crippen molar-refractivity contribution in [3.63, 3.8) is 0 Å². The third kappa shape index (κ3) is 3.96. The molecule has 6 heteroatoms. The van der Waals surface area contributed by atoms with E-state index < -0.39 is 5.97 Å². The Morgan fingerprint density at radius 1 is 1.27 bits per heavy atom. The van der Waals surface area contributed by atoms with Crippen molar-refractivity contribution in [2.45, 2.75) is 33.2 Å². The number of ether oxygens (including phenoxy) is 1. The number of furan rings is 1. The van der Waals surface area contributed by atoms with Gasteiger partial charge < -0.3 is 14.5 Å². The van der Waals surface area contributed by atoms with E-state index in [1.165, 1.54) is 0 Å². The number of benzene rings is 1. The van der Waals surface area contributed by atoms with E-state index in [4.69, 9.17) is 9.15 Å².